The molecule has 1 amide bonds. The van der Waals surface area contributed by atoms with E-state index >= 15 is 0 Å². The zero-order chi connectivity index (χ0) is 22.1. The molecule has 0 aliphatic rings. The number of amides is 1. The number of nitrogens with one attached hydrogen (secondary N) is 2. The second-order valence-corrected chi connectivity index (χ2v) is 7.42. The molecule has 0 spiro atoms. The standard InChI is InChI=1S/C23H16ClN7O/c24-17-10-14(9-15-11-27-31-18(15)17)20-19(13-5-2-1-3-6-13)30-22(25)21(29-20)23(32)28-16-7-4-8-26-12-16/h1-12H,(H2,25,30)(H,27,31)(H,28,32). The van der Waals surface area contributed by atoms with E-state index < -0.39 is 5.91 Å². The van der Waals surface area contributed by atoms with Crippen LogP contribution in [0.2, 0.25) is 5.02 Å². The number of rotatable bonds is 4. The zero-order valence-electron chi connectivity index (χ0n) is 16.6. The highest BCUT2D eigenvalue weighted by atomic mass is 35.5. The number of aromatic amines is 1. The van der Waals surface area contributed by atoms with E-state index in [0.717, 1.165) is 16.5 Å². The normalized spacial score (nSPS) is 10.9. The first-order valence-corrected chi connectivity index (χ1v) is 10.1. The van der Waals surface area contributed by atoms with Crippen molar-refractivity contribution in [3.63, 3.8) is 0 Å². The van der Waals surface area contributed by atoms with Crippen molar-refractivity contribution in [3.8, 4) is 22.5 Å². The Morgan fingerprint density at radius 2 is 1.78 bits per heavy atom. The fourth-order valence-corrected chi connectivity index (χ4v) is 3.66. The number of benzene rings is 2. The summed E-state index contributed by atoms with van der Waals surface area (Å²) in [6.07, 6.45) is 4.83. The maximum atomic E-state index is 12.9. The van der Waals surface area contributed by atoms with E-state index in [-0.39, 0.29) is 11.5 Å². The first-order valence-electron chi connectivity index (χ1n) is 9.67. The van der Waals surface area contributed by atoms with Crippen molar-refractivity contribution in [1.82, 2.24) is 25.1 Å². The van der Waals surface area contributed by atoms with Gasteiger partial charge in [-0.2, -0.15) is 5.10 Å². The SMILES string of the molecule is Nc1nc(-c2ccccc2)c(-c2cc(Cl)c3[nH]ncc3c2)nc1C(=O)Nc1cccnc1. The predicted molar refractivity (Wildman–Crippen MR) is 124 cm³/mol. The Kier molecular flexibility index (Phi) is 4.97. The summed E-state index contributed by atoms with van der Waals surface area (Å²) < 4.78 is 0. The van der Waals surface area contributed by atoms with Gasteiger partial charge in [0.15, 0.2) is 11.5 Å². The molecule has 0 saturated carbocycles. The van der Waals surface area contributed by atoms with E-state index in [2.05, 4.69) is 30.5 Å². The Morgan fingerprint density at radius 3 is 2.56 bits per heavy atom. The number of halogens is 1. The minimum absolute atomic E-state index is 0.00643. The monoisotopic (exact) mass is 441 g/mol. The molecule has 5 rings (SSSR count). The zero-order valence-corrected chi connectivity index (χ0v) is 17.3. The maximum absolute atomic E-state index is 12.9. The fourth-order valence-electron chi connectivity index (χ4n) is 3.39. The Labute approximate surface area is 187 Å². The molecule has 0 bridgehead atoms. The van der Waals surface area contributed by atoms with E-state index in [4.69, 9.17) is 17.3 Å². The molecule has 0 aliphatic carbocycles. The highest BCUT2D eigenvalue weighted by molar-refractivity contribution is 6.35. The van der Waals surface area contributed by atoms with Gasteiger partial charge in [-0.25, -0.2) is 9.97 Å². The molecule has 9 heteroatoms. The number of aromatic nitrogens is 5. The fraction of sp³-hybridized carbons (Fsp3) is 0. The van der Waals surface area contributed by atoms with Crippen LogP contribution < -0.4 is 11.1 Å². The molecule has 32 heavy (non-hydrogen) atoms. The van der Waals surface area contributed by atoms with Crippen LogP contribution in [0.1, 0.15) is 10.5 Å². The molecule has 2 aromatic carbocycles. The van der Waals surface area contributed by atoms with Crippen LogP contribution in [-0.2, 0) is 0 Å². The highest BCUT2D eigenvalue weighted by Crippen LogP contribution is 2.35. The lowest BCUT2D eigenvalue weighted by atomic mass is 10.0. The average Bonchev–Trinajstić information content (AvgIpc) is 3.29. The van der Waals surface area contributed by atoms with Gasteiger partial charge < -0.3 is 11.1 Å². The molecule has 3 heterocycles. The molecule has 0 unspecified atom stereocenters. The van der Waals surface area contributed by atoms with Crippen molar-refractivity contribution in [1.29, 1.82) is 0 Å². The lowest BCUT2D eigenvalue weighted by Crippen LogP contribution is -2.18. The summed E-state index contributed by atoms with van der Waals surface area (Å²) in [4.78, 5) is 26.1. The van der Waals surface area contributed by atoms with Crippen molar-refractivity contribution in [2.45, 2.75) is 0 Å². The molecular weight excluding hydrogens is 426 g/mol. The van der Waals surface area contributed by atoms with Gasteiger partial charge in [0, 0.05) is 22.7 Å². The van der Waals surface area contributed by atoms with Gasteiger partial charge >= 0.3 is 0 Å². The van der Waals surface area contributed by atoms with Gasteiger partial charge in [0.25, 0.3) is 5.91 Å². The molecular formula is C23H16ClN7O. The first kappa shape index (κ1) is 19.7. The van der Waals surface area contributed by atoms with E-state index in [1.807, 2.05) is 36.4 Å². The molecule has 0 radical (unpaired) electrons. The van der Waals surface area contributed by atoms with Crippen LogP contribution in [0.3, 0.4) is 0 Å². The predicted octanol–water partition coefficient (Wildman–Crippen LogP) is 4.57. The van der Waals surface area contributed by atoms with Gasteiger partial charge in [-0.3, -0.25) is 14.9 Å². The molecule has 4 N–H and O–H groups in total. The summed E-state index contributed by atoms with van der Waals surface area (Å²) in [5.74, 6) is -0.469. The molecule has 0 fully saturated rings. The number of pyridine rings is 1. The maximum Gasteiger partial charge on any atom is 0.278 e. The highest BCUT2D eigenvalue weighted by Gasteiger charge is 2.21. The number of anilines is 2. The number of fused-ring (bicyclic) bond motifs is 1. The van der Waals surface area contributed by atoms with Crippen LogP contribution in [-0.4, -0.2) is 31.1 Å². The van der Waals surface area contributed by atoms with Gasteiger partial charge in [0.2, 0.25) is 0 Å². The summed E-state index contributed by atoms with van der Waals surface area (Å²) in [6.45, 7) is 0. The van der Waals surface area contributed by atoms with Crippen LogP contribution in [0.4, 0.5) is 11.5 Å². The summed E-state index contributed by atoms with van der Waals surface area (Å²) in [7, 11) is 0. The first-order chi connectivity index (χ1) is 15.6. The van der Waals surface area contributed by atoms with E-state index in [1.165, 1.54) is 6.20 Å². The van der Waals surface area contributed by atoms with Crippen molar-refractivity contribution >= 4 is 39.9 Å². The topological polar surface area (TPSA) is 122 Å². The third-order valence-electron chi connectivity index (χ3n) is 4.88. The van der Waals surface area contributed by atoms with Crippen LogP contribution in [0.5, 0.6) is 0 Å². The van der Waals surface area contributed by atoms with E-state index in [9.17, 15) is 4.79 Å². The Bertz CT molecular complexity index is 1440. The lowest BCUT2D eigenvalue weighted by molar-refractivity contribution is 0.102. The Hall–Kier alpha value is -4.30. The summed E-state index contributed by atoms with van der Waals surface area (Å²) in [6, 6.07) is 16.6. The quantitative estimate of drug-likeness (QED) is 0.375. The van der Waals surface area contributed by atoms with Gasteiger partial charge in [0.1, 0.15) is 0 Å². The van der Waals surface area contributed by atoms with Crippen molar-refractivity contribution in [3.05, 3.63) is 83.9 Å². The summed E-state index contributed by atoms with van der Waals surface area (Å²) >= 11 is 6.46. The summed E-state index contributed by atoms with van der Waals surface area (Å²) in [5, 5.41) is 11.0. The molecule has 156 valence electrons. The number of hydrogen-bond acceptors (Lipinski definition) is 6. The number of H-pyrrole nitrogens is 1. The number of hydrogen-bond donors (Lipinski definition) is 3. The molecule has 0 aliphatic heterocycles. The van der Waals surface area contributed by atoms with Crippen LogP contribution >= 0.6 is 11.6 Å². The van der Waals surface area contributed by atoms with Crippen LogP contribution in [0.15, 0.2) is 73.2 Å². The number of nitrogens with zero attached hydrogens (tertiary/aromatic N) is 4. The smallest absolute Gasteiger partial charge is 0.278 e. The van der Waals surface area contributed by atoms with Gasteiger partial charge in [-0.05, 0) is 24.3 Å². The number of carbonyl (C=O) groups excluding carboxylic acids is 1. The lowest BCUT2D eigenvalue weighted by Gasteiger charge is -2.13. The molecule has 0 atom stereocenters. The minimum atomic E-state index is -0.487. The van der Waals surface area contributed by atoms with E-state index in [0.29, 0.717) is 27.7 Å². The molecule has 8 nitrogen and oxygen atoms in total. The molecule has 5 aromatic rings. The number of nitrogen functional groups attached to an aromatic ring is 1. The van der Waals surface area contributed by atoms with Crippen molar-refractivity contribution < 1.29 is 4.79 Å². The Morgan fingerprint density at radius 1 is 0.969 bits per heavy atom. The van der Waals surface area contributed by atoms with Crippen molar-refractivity contribution in [2.75, 3.05) is 11.1 Å². The van der Waals surface area contributed by atoms with E-state index in [1.54, 1.807) is 30.6 Å². The van der Waals surface area contributed by atoms with Gasteiger partial charge in [0.05, 0.1) is 40.0 Å². The number of nitrogens with two attached hydrogens (primary N) is 1. The van der Waals surface area contributed by atoms with Gasteiger partial charge in [-0.15, -0.1) is 0 Å². The average molecular weight is 442 g/mol. The van der Waals surface area contributed by atoms with Crippen molar-refractivity contribution in [2.24, 2.45) is 0 Å². The Balaban J connectivity index is 1.68. The second-order valence-electron chi connectivity index (χ2n) is 7.01. The van der Waals surface area contributed by atoms with Gasteiger partial charge in [-0.1, -0.05) is 41.9 Å². The third-order valence-corrected chi connectivity index (χ3v) is 5.18. The second kappa shape index (κ2) is 8.09. The largest absolute Gasteiger partial charge is 0.382 e. The van der Waals surface area contributed by atoms with Crippen LogP contribution in [0.25, 0.3) is 33.4 Å². The van der Waals surface area contributed by atoms with Crippen LogP contribution in [0, 0.1) is 0 Å². The summed E-state index contributed by atoms with van der Waals surface area (Å²) in [5.41, 5.74) is 9.94. The minimum Gasteiger partial charge on any atom is -0.382 e. The molecule has 3 aromatic heterocycles. The number of carbonyl (C=O) groups is 1. The third kappa shape index (κ3) is 3.63. The molecule has 0 saturated heterocycles.